The molecule has 0 bridgehead atoms. The smallest absolute Gasteiger partial charge is 0.191 e. The Kier molecular flexibility index (Phi) is 11.0. The van der Waals surface area contributed by atoms with Gasteiger partial charge in [-0.2, -0.15) is 0 Å². The Labute approximate surface area is 180 Å². The largest absolute Gasteiger partial charge is 0.496 e. The molecule has 6 nitrogen and oxygen atoms in total. The van der Waals surface area contributed by atoms with Crippen molar-refractivity contribution >= 4 is 29.9 Å². The number of hydrogen-bond donors (Lipinski definition) is 3. The van der Waals surface area contributed by atoms with Crippen molar-refractivity contribution in [3.05, 3.63) is 29.3 Å². The highest BCUT2D eigenvalue weighted by Crippen LogP contribution is 2.28. The Balaban J connectivity index is 0.00000364. The number of halogens is 1. The molecule has 0 heterocycles. The molecule has 1 aromatic carbocycles. The van der Waals surface area contributed by atoms with Gasteiger partial charge < -0.3 is 25.2 Å². The Morgan fingerprint density at radius 1 is 1.37 bits per heavy atom. The van der Waals surface area contributed by atoms with Crippen LogP contribution in [0.25, 0.3) is 0 Å². The molecule has 0 saturated heterocycles. The molecule has 1 fully saturated rings. The van der Waals surface area contributed by atoms with E-state index in [2.05, 4.69) is 35.5 Å². The van der Waals surface area contributed by atoms with Crippen LogP contribution in [0.2, 0.25) is 0 Å². The zero-order valence-corrected chi connectivity index (χ0v) is 19.2. The quantitative estimate of drug-likeness (QED) is 0.267. The third-order valence-electron chi connectivity index (χ3n) is 4.37. The molecule has 154 valence electrons. The molecule has 3 N–H and O–H groups in total. The number of benzene rings is 1. The normalized spacial score (nSPS) is 16.3. The summed E-state index contributed by atoms with van der Waals surface area (Å²) in [5.74, 6) is 2.22. The molecule has 0 radical (unpaired) electrons. The minimum absolute atomic E-state index is 0. The number of hydrogen-bond acceptors (Lipinski definition) is 4. The first-order valence-electron chi connectivity index (χ1n) is 9.48. The average molecular weight is 491 g/mol. The molecule has 0 aromatic heterocycles. The van der Waals surface area contributed by atoms with Gasteiger partial charge in [-0.05, 0) is 45.6 Å². The van der Waals surface area contributed by atoms with Crippen LogP contribution in [0, 0.1) is 12.8 Å². The van der Waals surface area contributed by atoms with E-state index in [1.165, 1.54) is 18.4 Å². The van der Waals surface area contributed by atoms with Crippen molar-refractivity contribution in [2.24, 2.45) is 10.9 Å². The summed E-state index contributed by atoms with van der Waals surface area (Å²) in [6.45, 7) is 8.29. The van der Waals surface area contributed by atoms with Crippen LogP contribution in [0.1, 0.15) is 43.9 Å². The van der Waals surface area contributed by atoms with E-state index >= 15 is 0 Å². The van der Waals surface area contributed by atoms with Crippen molar-refractivity contribution in [2.75, 3.05) is 33.4 Å². The molecule has 1 saturated carbocycles. The number of aliphatic hydroxyl groups excluding tert-OH is 1. The molecular weight excluding hydrogens is 457 g/mol. The van der Waals surface area contributed by atoms with E-state index in [9.17, 15) is 5.11 Å². The monoisotopic (exact) mass is 491 g/mol. The molecule has 2 rings (SSSR count). The second-order valence-electron chi connectivity index (χ2n) is 6.97. The van der Waals surface area contributed by atoms with Crippen LogP contribution >= 0.6 is 24.0 Å². The molecule has 27 heavy (non-hydrogen) atoms. The Bertz CT molecular complexity index is 594. The minimum Gasteiger partial charge on any atom is -0.496 e. The molecule has 1 aliphatic carbocycles. The van der Waals surface area contributed by atoms with Gasteiger partial charge in [0.05, 0.1) is 32.4 Å². The summed E-state index contributed by atoms with van der Waals surface area (Å²) in [5.41, 5.74) is 2.26. The molecule has 7 heteroatoms. The lowest BCUT2D eigenvalue weighted by atomic mass is 10.0. The lowest BCUT2D eigenvalue weighted by molar-refractivity contribution is 0.0368. The first-order chi connectivity index (χ1) is 12.5. The summed E-state index contributed by atoms with van der Waals surface area (Å²) in [4.78, 5) is 4.49. The average Bonchev–Trinajstić information content (AvgIpc) is 3.44. The first-order valence-corrected chi connectivity index (χ1v) is 9.48. The molecule has 2 unspecified atom stereocenters. The van der Waals surface area contributed by atoms with E-state index in [0.717, 1.165) is 24.5 Å². The first kappa shape index (κ1) is 24.0. The molecule has 0 spiro atoms. The van der Waals surface area contributed by atoms with Crippen LogP contribution in [0.4, 0.5) is 0 Å². The summed E-state index contributed by atoms with van der Waals surface area (Å²) < 4.78 is 11.0. The number of guanidine groups is 1. The second kappa shape index (κ2) is 12.4. The van der Waals surface area contributed by atoms with Gasteiger partial charge in [0.25, 0.3) is 0 Å². The number of aliphatic imine (C=N–C) groups is 1. The highest BCUT2D eigenvalue weighted by Gasteiger charge is 2.21. The van der Waals surface area contributed by atoms with Gasteiger partial charge in [0.2, 0.25) is 0 Å². The molecule has 1 aromatic rings. The lowest BCUT2D eigenvalue weighted by Crippen LogP contribution is -2.39. The van der Waals surface area contributed by atoms with Crippen LogP contribution in [0.15, 0.2) is 23.2 Å². The maximum atomic E-state index is 10.1. The summed E-state index contributed by atoms with van der Waals surface area (Å²) >= 11 is 0. The van der Waals surface area contributed by atoms with Gasteiger partial charge in [-0.15, -0.1) is 24.0 Å². The fourth-order valence-electron chi connectivity index (χ4n) is 2.70. The molecule has 0 aliphatic heterocycles. The fraction of sp³-hybridized carbons (Fsp3) is 0.650. The number of aryl methyl sites for hydroxylation is 1. The highest BCUT2D eigenvalue weighted by atomic mass is 127. The third kappa shape index (κ3) is 8.66. The number of rotatable bonds is 10. The Morgan fingerprint density at radius 3 is 2.74 bits per heavy atom. The van der Waals surface area contributed by atoms with Gasteiger partial charge in [0.15, 0.2) is 5.96 Å². The Morgan fingerprint density at radius 2 is 2.11 bits per heavy atom. The van der Waals surface area contributed by atoms with Crippen LogP contribution in [0.3, 0.4) is 0 Å². The van der Waals surface area contributed by atoms with Gasteiger partial charge in [-0.25, -0.2) is 0 Å². The summed E-state index contributed by atoms with van der Waals surface area (Å²) in [6, 6.07) is 6.15. The van der Waals surface area contributed by atoms with Crippen molar-refractivity contribution in [2.45, 2.75) is 45.8 Å². The summed E-state index contributed by atoms with van der Waals surface area (Å²) in [6.07, 6.45) is 1.92. The van der Waals surface area contributed by atoms with Crippen molar-refractivity contribution in [3.8, 4) is 5.75 Å². The predicted molar refractivity (Wildman–Crippen MR) is 120 cm³/mol. The van der Waals surface area contributed by atoms with E-state index in [-0.39, 0.29) is 30.0 Å². The van der Waals surface area contributed by atoms with Crippen LogP contribution in [-0.4, -0.2) is 50.6 Å². The lowest BCUT2D eigenvalue weighted by Gasteiger charge is -2.21. The van der Waals surface area contributed by atoms with E-state index in [0.29, 0.717) is 25.0 Å². The van der Waals surface area contributed by atoms with Crippen molar-refractivity contribution in [1.29, 1.82) is 0 Å². The minimum atomic E-state index is -0.590. The van der Waals surface area contributed by atoms with Gasteiger partial charge in [-0.1, -0.05) is 17.7 Å². The molecular formula is C20H34IN3O3. The van der Waals surface area contributed by atoms with E-state index < -0.39 is 6.10 Å². The Hall–Kier alpha value is -1.06. The molecule has 1 aliphatic rings. The fourth-order valence-corrected chi connectivity index (χ4v) is 2.70. The highest BCUT2D eigenvalue weighted by molar-refractivity contribution is 14.0. The van der Waals surface area contributed by atoms with E-state index in [1.807, 2.05) is 19.1 Å². The van der Waals surface area contributed by atoms with Gasteiger partial charge in [0.1, 0.15) is 5.75 Å². The maximum Gasteiger partial charge on any atom is 0.191 e. The van der Waals surface area contributed by atoms with E-state index in [4.69, 9.17) is 9.47 Å². The van der Waals surface area contributed by atoms with Crippen molar-refractivity contribution in [3.63, 3.8) is 0 Å². The third-order valence-corrected chi connectivity index (χ3v) is 4.37. The number of nitrogens with one attached hydrogen (secondary N) is 2. The number of methoxy groups -OCH3 is 1. The van der Waals surface area contributed by atoms with Crippen LogP contribution in [0.5, 0.6) is 5.75 Å². The van der Waals surface area contributed by atoms with Crippen molar-refractivity contribution < 1.29 is 14.6 Å². The van der Waals surface area contributed by atoms with Gasteiger partial charge in [-0.3, -0.25) is 4.99 Å². The van der Waals surface area contributed by atoms with Gasteiger partial charge in [0, 0.05) is 18.7 Å². The number of aliphatic hydroxyl groups is 1. The standard InChI is InChI=1S/C20H33N3O3.HI/c1-5-21-20(22-11-17(24)13-26-12-16-7-8-16)23-15(3)18-10-14(2)6-9-19(18)25-4;/h6,9-10,15-17,24H,5,7-8,11-13H2,1-4H3,(H2,21,22,23);1H. The topological polar surface area (TPSA) is 75.1 Å². The number of ether oxygens (including phenoxy) is 2. The summed E-state index contributed by atoms with van der Waals surface area (Å²) in [7, 11) is 1.68. The predicted octanol–water partition coefficient (Wildman–Crippen LogP) is 3.03. The van der Waals surface area contributed by atoms with Crippen LogP contribution < -0.4 is 15.4 Å². The molecule has 2 atom stereocenters. The molecule has 0 amide bonds. The number of nitrogens with zero attached hydrogens (tertiary/aromatic N) is 1. The maximum absolute atomic E-state index is 10.1. The van der Waals surface area contributed by atoms with Gasteiger partial charge >= 0.3 is 0 Å². The zero-order chi connectivity index (χ0) is 18.9. The summed E-state index contributed by atoms with van der Waals surface area (Å²) in [5, 5.41) is 16.7. The SMILES string of the molecule is CCNC(=NCC(O)COCC1CC1)NC(C)c1cc(C)ccc1OC.I. The zero-order valence-electron chi connectivity index (χ0n) is 16.8. The second-order valence-corrected chi connectivity index (χ2v) is 6.97. The van der Waals surface area contributed by atoms with E-state index in [1.54, 1.807) is 7.11 Å². The van der Waals surface area contributed by atoms with Crippen molar-refractivity contribution in [1.82, 2.24) is 10.6 Å². The van der Waals surface area contributed by atoms with Crippen LogP contribution in [-0.2, 0) is 4.74 Å².